The van der Waals surface area contributed by atoms with Gasteiger partial charge >= 0.3 is 6.03 Å². The molecule has 1 aromatic carbocycles. The van der Waals surface area contributed by atoms with Gasteiger partial charge in [-0.3, -0.25) is 14.5 Å². The van der Waals surface area contributed by atoms with Crippen LogP contribution < -0.4 is 5.32 Å². The van der Waals surface area contributed by atoms with E-state index in [9.17, 15) is 14.4 Å². The van der Waals surface area contributed by atoms with Crippen molar-refractivity contribution in [3.05, 3.63) is 34.9 Å². The smallest absolute Gasteiger partial charge is 0.325 e. The topological polar surface area (TPSA) is 69.7 Å². The van der Waals surface area contributed by atoms with Crippen molar-refractivity contribution in [1.82, 2.24) is 15.1 Å². The van der Waals surface area contributed by atoms with Crippen LogP contribution in [-0.4, -0.2) is 53.8 Å². The Morgan fingerprint density at radius 2 is 2.09 bits per heavy atom. The van der Waals surface area contributed by atoms with Crippen molar-refractivity contribution in [1.29, 1.82) is 0 Å². The van der Waals surface area contributed by atoms with Gasteiger partial charge in [0.2, 0.25) is 5.91 Å². The van der Waals surface area contributed by atoms with Gasteiger partial charge in [0.1, 0.15) is 6.54 Å². The van der Waals surface area contributed by atoms with Crippen molar-refractivity contribution in [2.24, 2.45) is 0 Å². The van der Waals surface area contributed by atoms with Gasteiger partial charge < -0.3 is 10.2 Å². The lowest BCUT2D eigenvalue weighted by Crippen LogP contribution is -2.42. The number of carbonyl (C=O) groups excluding carboxylic acids is 3. The van der Waals surface area contributed by atoms with Crippen molar-refractivity contribution in [2.45, 2.75) is 12.3 Å². The minimum absolute atomic E-state index is 0.0334. The number of urea groups is 1. The molecule has 116 valence electrons. The number of nitrogens with zero attached hydrogens (tertiary/aromatic N) is 2. The molecule has 3 rings (SSSR count). The highest BCUT2D eigenvalue weighted by molar-refractivity contribution is 6.31. The third-order valence-electron chi connectivity index (χ3n) is 4.12. The van der Waals surface area contributed by atoms with Crippen molar-refractivity contribution >= 4 is 29.4 Å². The van der Waals surface area contributed by atoms with E-state index in [1.54, 1.807) is 4.90 Å². The Morgan fingerprint density at radius 3 is 2.77 bits per heavy atom. The van der Waals surface area contributed by atoms with Crippen LogP contribution >= 0.6 is 11.6 Å². The number of hydrogen-bond donors (Lipinski definition) is 1. The number of benzene rings is 1. The van der Waals surface area contributed by atoms with Gasteiger partial charge in [-0.2, -0.15) is 0 Å². The molecule has 1 aromatic rings. The van der Waals surface area contributed by atoms with Crippen LogP contribution in [0.4, 0.5) is 4.79 Å². The van der Waals surface area contributed by atoms with Gasteiger partial charge in [-0.1, -0.05) is 29.8 Å². The molecule has 0 spiro atoms. The van der Waals surface area contributed by atoms with Crippen molar-refractivity contribution < 1.29 is 14.4 Å². The Kier molecular flexibility index (Phi) is 4.02. The summed E-state index contributed by atoms with van der Waals surface area (Å²) in [7, 11) is 0. The van der Waals surface area contributed by atoms with Gasteiger partial charge in [-0.05, 0) is 18.1 Å². The van der Waals surface area contributed by atoms with Crippen LogP contribution in [0, 0.1) is 0 Å². The first-order valence-electron chi connectivity index (χ1n) is 7.16. The number of rotatable bonds is 3. The summed E-state index contributed by atoms with van der Waals surface area (Å²) in [6.07, 6.45) is 0.829. The summed E-state index contributed by atoms with van der Waals surface area (Å²) in [6.45, 7) is 0.943. The highest BCUT2D eigenvalue weighted by atomic mass is 35.5. The molecule has 0 radical (unpaired) electrons. The molecular formula is C15H16ClN3O3. The van der Waals surface area contributed by atoms with Gasteiger partial charge in [0.15, 0.2) is 0 Å². The zero-order chi connectivity index (χ0) is 15.7. The molecule has 4 amide bonds. The number of halogens is 1. The molecule has 2 heterocycles. The van der Waals surface area contributed by atoms with E-state index in [4.69, 9.17) is 11.6 Å². The molecule has 0 saturated carbocycles. The molecule has 1 atom stereocenters. The summed E-state index contributed by atoms with van der Waals surface area (Å²) < 4.78 is 0. The maximum absolute atomic E-state index is 12.3. The quantitative estimate of drug-likeness (QED) is 0.851. The maximum atomic E-state index is 12.3. The lowest BCUT2D eigenvalue weighted by molar-refractivity contribution is -0.135. The largest absolute Gasteiger partial charge is 0.341 e. The number of nitrogens with one attached hydrogen (secondary N) is 1. The maximum Gasteiger partial charge on any atom is 0.325 e. The average Bonchev–Trinajstić information content (AvgIpc) is 3.10. The molecular weight excluding hydrogens is 306 g/mol. The molecule has 22 heavy (non-hydrogen) atoms. The van der Waals surface area contributed by atoms with Gasteiger partial charge in [-0.25, -0.2) is 4.79 Å². The normalized spacial score (nSPS) is 21.4. The van der Waals surface area contributed by atoms with Crippen LogP contribution in [0.3, 0.4) is 0 Å². The van der Waals surface area contributed by atoms with E-state index in [0.717, 1.165) is 16.9 Å². The van der Waals surface area contributed by atoms with E-state index >= 15 is 0 Å². The molecule has 0 aromatic heterocycles. The van der Waals surface area contributed by atoms with E-state index in [1.165, 1.54) is 0 Å². The highest BCUT2D eigenvalue weighted by Gasteiger charge is 2.34. The van der Waals surface area contributed by atoms with Crippen LogP contribution in [-0.2, 0) is 9.59 Å². The van der Waals surface area contributed by atoms with Gasteiger partial charge in [0.25, 0.3) is 5.91 Å². The Labute approximate surface area is 133 Å². The summed E-state index contributed by atoms with van der Waals surface area (Å²) in [5.41, 5.74) is 1.04. The lowest BCUT2D eigenvalue weighted by atomic mass is 9.98. The predicted octanol–water partition coefficient (Wildman–Crippen LogP) is 1.21. The van der Waals surface area contributed by atoms with E-state index in [-0.39, 0.29) is 30.8 Å². The Bertz CT molecular complexity index is 618. The van der Waals surface area contributed by atoms with Crippen LogP contribution in [0.25, 0.3) is 0 Å². The molecule has 1 unspecified atom stereocenters. The molecule has 6 nitrogen and oxygen atoms in total. The Hall–Kier alpha value is -2.08. The molecule has 2 aliphatic rings. The molecule has 1 N–H and O–H groups in total. The lowest BCUT2D eigenvalue weighted by Gasteiger charge is -2.20. The minimum atomic E-state index is -0.500. The average molecular weight is 322 g/mol. The fourth-order valence-corrected chi connectivity index (χ4v) is 3.19. The zero-order valence-electron chi connectivity index (χ0n) is 11.9. The second-order valence-electron chi connectivity index (χ2n) is 5.49. The van der Waals surface area contributed by atoms with E-state index in [1.807, 2.05) is 24.3 Å². The van der Waals surface area contributed by atoms with Crippen molar-refractivity contribution in [2.75, 3.05) is 26.2 Å². The van der Waals surface area contributed by atoms with Crippen molar-refractivity contribution in [3.8, 4) is 0 Å². The molecule has 0 bridgehead atoms. The SMILES string of the molecule is O=C(CN1C(=O)CNC1=O)N1CCC(c2ccccc2Cl)C1. The molecule has 2 fully saturated rings. The zero-order valence-corrected chi connectivity index (χ0v) is 12.7. The second kappa shape index (κ2) is 5.96. The van der Waals surface area contributed by atoms with E-state index < -0.39 is 6.03 Å². The number of hydrogen-bond acceptors (Lipinski definition) is 3. The van der Waals surface area contributed by atoms with E-state index in [2.05, 4.69) is 5.32 Å². The van der Waals surface area contributed by atoms with E-state index in [0.29, 0.717) is 18.1 Å². The van der Waals surface area contributed by atoms with Gasteiger partial charge in [-0.15, -0.1) is 0 Å². The number of likely N-dealkylation sites (tertiary alicyclic amines) is 1. The molecule has 7 heteroatoms. The third kappa shape index (κ3) is 2.78. The second-order valence-corrected chi connectivity index (χ2v) is 5.89. The molecule has 2 aliphatic heterocycles. The summed E-state index contributed by atoms with van der Waals surface area (Å²) in [6, 6.07) is 7.12. The summed E-state index contributed by atoms with van der Waals surface area (Å²) in [4.78, 5) is 37.9. The first-order chi connectivity index (χ1) is 10.6. The summed E-state index contributed by atoms with van der Waals surface area (Å²) in [5, 5.41) is 3.11. The predicted molar refractivity (Wildman–Crippen MR) is 80.5 cm³/mol. The van der Waals surface area contributed by atoms with Crippen LogP contribution in [0.15, 0.2) is 24.3 Å². The first-order valence-corrected chi connectivity index (χ1v) is 7.54. The number of amides is 4. The molecule has 0 aliphatic carbocycles. The highest BCUT2D eigenvalue weighted by Crippen LogP contribution is 2.31. The van der Waals surface area contributed by atoms with Crippen molar-refractivity contribution in [3.63, 3.8) is 0 Å². The Balaban J connectivity index is 1.63. The van der Waals surface area contributed by atoms with Gasteiger partial charge in [0, 0.05) is 24.0 Å². The van der Waals surface area contributed by atoms with Crippen LogP contribution in [0.5, 0.6) is 0 Å². The standard InChI is InChI=1S/C15H16ClN3O3/c16-12-4-2-1-3-11(12)10-5-6-18(8-10)14(21)9-19-13(20)7-17-15(19)22/h1-4,10H,5-9H2,(H,17,22). The van der Waals surface area contributed by atoms with Gasteiger partial charge in [0.05, 0.1) is 6.54 Å². The first kappa shape index (κ1) is 14.8. The number of carbonyl (C=O) groups is 3. The molecule has 2 saturated heterocycles. The number of imide groups is 1. The fraction of sp³-hybridized carbons (Fsp3) is 0.400. The monoisotopic (exact) mass is 321 g/mol. The fourth-order valence-electron chi connectivity index (χ4n) is 2.90. The summed E-state index contributed by atoms with van der Waals surface area (Å²) >= 11 is 6.20. The van der Waals surface area contributed by atoms with Crippen LogP contribution in [0.2, 0.25) is 5.02 Å². The third-order valence-corrected chi connectivity index (χ3v) is 4.46. The minimum Gasteiger partial charge on any atom is -0.341 e. The van der Waals surface area contributed by atoms with Crippen LogP contribution in [0.1, 0.15) is 17.9 Å². The summed E-state index contributed by atoms with van der Waals surface area (Å²) in [5.74, 6) is -0.374. The Morgan fingerprint density at radius 1 is 1.32 bits per heavy atom.